The van der Waals surface area contributed by atoms with E-state index in [1.54, 1.807) is 12.1 Å². The third-order valence-corrected chi connectivity index (χ3v) is 3.69. The van der Waals surface area contributed by atoms with Gasteiger partial charge in [0.15, 0.2) is 0 Å². The van der Waals surface area contributed by atoms with Crippen LogP contribution in [-0.2, 0) is 0 Å². The molecule has 1 aliphatic rings. The van der Waals surface area contributed by atoms with Gasteiger partial charge < -0.3 is 14.9 Å². The Bertz CT molecular complexity index is 445. The maximum absolute atomic E-state index is 11.0. The van der Waals surface area contributed by atoms with E-state index in [2.05, 4.69) is 30.8 Å². The summed E-state index contributed by atoms with van der Waals surface area (Å²) in [5.74, 6) is -0.276. The van der Waals surface area contributed by atoms with Crippen molar-refractivity contribution in [2.24, 2.45) is 5.92 Å². The second-order valence-electron chi connectivity index (χ2n) is 5.27. The van der Waals surface area contributed by atoms with Gasteiger partial charge in [0.05, 0.1) is 5.56 Å². The Labute approximate surface area is 108 Å². The Balaban J connectivity index is 2.18. The van der Waals surface area contributed by atoms with Gasteiger partial charge in [-0.1, -0.05) is 13.0 Å². The third-order valence-electron chi connectivity index (χ3n) is 3.69. The number of likely N-dealkylation sites (N-methyl/N-ethyl adjacent to an activating group) is 1. The Hall–Kier alpha value is -1.55. The van der Waals surface area contributed by atoms with Crippen LogP contribution in [0.4, 0.5) is 5.69 Å². The smallest absolute Gasteiger partial charge is 0.335 e. The molecule has 1 aliphatic heterocycles. The molecule has 2 unspecified atom stereocenters. The van der Waals surface area contributed by atoms with Crippen molar-refractivity contribution >= 4 is 11.7 Å². The van der Waals surface area contributed by atoms with E-state index in [0.717, 1.165) is 18.8 Å². The normalized spacial score (nSPS) is 23.7. The van der Waals surface area contributed by atoms with E-state index in [0.29, 0.717) is 17.5 Å². The molecule has 1 N–H and O–H groups in total. The summed E-state index contributed by atoms with van der Waals surface area (Å²) in [6, 6.07) is 7.71. The van der Waals surface area contributed by atoms with Crippen molar-refractivity contribution in [3.8, 4) is 0 Å². The first-order valence-corrected chi connectivity index (χ1v) is 6.23. The number of aromatic carboxylic acids is 1. The lowest BCUT2D eigenvalue weighted by molar-refractivity contribution is 0.0697. The molecule has 2 rings (SSSR count). The minimum atomic E-state index is -0.867. The molecule has 4 nitrogen and oxygen atoms in total. The van der Waals surface area contributed by atoms with Crippen LogP contribution in [0.1, 0.15) is 17.3 Å². The Morgan fingerprint density at radius 3 is 2.67 bits per heavy atom. The molecule has 4 heteroatoms. The van der Waals surface area contributed by atoms with Gasteiger partial charge in [-0.05, 0) is 38.2 Å². The van der Waals surface area contributed by atoms with Gasteiger partial charge in [-0.2, -0.15) is 0 Å². The van der Waals surface area contributed by atoms with Crippen molar-refractivity contribution in [2.75, 3.05) is 32.1 Å². The molecule has 2 atom stereocenters. The first-order valence-electron chi connectivity index (χ1n) is 6.23. The van der Waals surface area contributed by atoms with Crippen molar-refractivity contribution in [1.82, 2.24) is 4.90 Å². The van der Waals surface area contributed by atoms with E-state index >= 15 is 0 Å². The van der Waals surface area contributed by atoms with Crippen LogP contribution in [0.25, 0.3) is 0 Å². The highest BCUT2D eigenvalue weighted by Gasteiger charge is 2.31. The van der Waals surface area contributed by atoms with Crippen LogP contribution >= 0.6 is 0 Å². The van der Waals surface area contributed by atoms with E-state index in [4.69, 9.17) is 5.11 Å². The van der Waals surface area contributed by atoms with Gasteiger partial charge in [-0.3, -0.25) is 0 Å². The second-order valence-corrected chi connectivity index (χ2v) is 5.27. The largest absolute Gasteiger partial charge is 0.478 e. The molecule has 0 spiro atoms. The zero-order valence-corrected chi connectivity index (χ0v) is 11.1. The lowest BCUT2D eigenvalue weighted by Crippen LogP contribution is -2.34. The fourth-order valence-corrected chi connectivity index (χ4v) is 2.67. The lowest BCUT2D eigenvalue weighted by Gasteiger charge is -2.23. The highest BCUT2D eigenvalue weighted by atomic mass is 16.4. The van der Waals surface area contributed by atoms with Gasteiger partial charge in [0.2, 0.25) is 0 Å². The van der Waals surface area contributed by atoms with Crippen molar-refractivity contribution in [2.45, 2.75) is 13.0 Å². The van der Waals surface area contributed by atoms with E-state index in [1.807, 2.05) is 12.1 Å². The quantitative estimate of drug-likeness (QED) is 0.885. The number of carbonyl (C=O) groups is 1. The van der Waals surface area contributed by atoms with E-state index in [9.17, 15) is 4.79 Å². The molecule has 1 aromatic rings. The van der Waals surface area contributed by atoms with Crippen molar-refractivity contribution in [3.63, 3.8) is 0 Å². The Kier molecular flexibility index (Phi) is 3.57. The second kappa shape index (κ2) is 4.98. The van der Waals surface area contributed by atoms with E-state index < -0.39 is 5.97 Å². The standard InChI is InChI=1S/C14H20N2O2/c1-10-8-16(9-13(10)15(2)3)12-6-4-5-11(7-12)14(17)18/h4-7,10,13H,8-9H2,1-3H3,(H,17,18). The molecule has 0 bridgehead atoms. The molecule has 1 heterocycles. The SMILES string of the molecule is CC1CN(c2cccc(C(=O)O)c2)CC1N(C)C. The third kappa shape index (κ3) is 2.48. The van der Waals surface area contributed by atoms with Crippen LogP contribution in [0.2, 0.25) is 0 Å². The van der Waals surface area contributed by atoms with Crippen LogP contribution in [0, 0.1) is 5.92 Å². The maximum Gasteiger partial charge on any atom is 0.335 e. The van der Waals surface area contributed by atoms with Crippen LogP contribution < -0.4 is 4.90 Å². The monoisotopic (exact) mass is 248 g/mol. The zero-order chi connectivity index (χ0) is 13.3. The molecule has 1 aromatic carbocycles. The Morgan fingerprint density at radius 2 is 2.11 bits per heavy atom. The van der Waals surface area contributed by atoms with E-state index in [-0.39, 0.29) is 0 Å². The molecular weight excluding hydrogens is 228 g/mol. The topological polar surface area (TPSA) is 43.8 Å². The summed E-state index contributed by atoms with van der Waals surface area (Å²) in [4.78, 5) is 15.5. The summed E-state index contributed by atoms with van der Waals surface area (Å²) in [6.07, 6.45) is 0. The molecule has 0 aromatic heterocycles. The van der Waals surface area contributed by atoms with Gasteiger partial charge >= 0.3 is 5.97 Å². The molecule has 1 fully saturated rings. The summed E-state index contributed by atoms with van der Waals surface area (Å²) < 4.78 is 0. The fourth-order valence-electron chi connectivity index (χ4n) is 2.67. The summed E-state index contributed by atoms with van der Waals surface area (Å²) >= 11 is 0. The first-order chi connectivity index (χ1) is 8.49. The number of rotatable bonds is 3. The average Bonchev–Trinajstić information content (AvgIpc) is 2.71. The summed E-state index contributed by atoms with van der Waals surface area (Å²) in [6.45, 7) is 4.18. The molecule has 0 aliphatic carbocycles. The molecule has 0 saturated carbocycles. The van der Waals surface area contributed by atoms with Crippen LogP contribution in [0.15, 0.2) is 24.3 Å². The van der Waals surface area contributed by atoms with Gasteiger partial charge in [-0.25, -0.2) is 4.79 Å². The summed E-state index contributed by atoms with van der Waals surface area (Å²) in [5, 5.41) is 9.02. The maximum atomic E-state index is 11.0. The van der Waals surface area contributed by atoms with Gasteiger partial charge in [-0.15, -0.1) is 0 Å². The minimum Gasteiger partial charge on any atom is -0.478 e. The van der Waals surface area contributed by atoms with Crippen molar-refractivity contribution < 1.29 is 9.90 Å². The van der Waals surface area contributed by atoms with Crippen LogP contribution in [0.5, 0.6) is 0 Å². The van der Waals surface area contributed by atoms with Gasteiger partial charge in [0, 0.05) is 24.8 Å². The molecule has 98 valence electrons. The summed E-state index contributed by atoms with van der Waals surface area (Å²) in [7, 11) is 4.19. The van der Waals surface area contributed by atoms with Gasteiger partial charge in [0.1, 0.15) is 0 Å². The highest BCUT2D eigenvalue weighted by Crippen LogP contribution is 2.26. The number of nitrogens with zero attached hydrogens (tertiary/aromatic N) is 2. The van der Waals surface area contributed by atoms with E-state index in [1.165, 1.54) is 0 Å². The molecule has 1 saturated heterocycles. The molecule has 0 radical (unpaired) electrons. The van der Waals surface area contributed by atoms with Crippen molar-refractivity contribution in [1.29, 1.82) is 0 Å². The number of carboxylic acid groups (broad SMARTS) is 1. The van der Waals surface area contributed by atoms with Crippen LogP contribution in [0.3, 0.4) is 0 Å². The number of hydrogen-bond acceptors (Lipinski definition) is 3. The molecular formula is C14H20N2O2. The lowest BCUT2D eigenvalue weighted by atomic mass is 10.1. The summed E-state index contributed by atoms with van der Waals surface area (Å²) in [5.41, 5.74) is 1.36. The minimum absolute atomic E-state index is 0.355. The van der Waals surface area contributed by atoms with Crippen molar-refractivity contribution in [3.05, 3.63) is 29.8 Å². The van der Waals surface area contributed by atoms with Crippen LogP contribution in [-0.4, -0.2) is 49.2 Å². The fraction of sp³-hybridized carbons (Fsp3) is 0.500. The number of hydrogen-bond donors (Lipinski definition) is 1. The first kappa shape index (κ1) is 12.9. The predicted octanol–water partition coefficient (Wildman–Crippen LogP) is 1.77. The van der Waals surface area contributed by atoms with Gasteiger partial charge in [0.25, 0.3) is 0 Å². The number of benzene rings is 1. The molecule has 0 amide bonds. The number of carboxylic acids is 1. The highest BCUT2D eigenvalue weighted by molar-refractivity contribution is 5.88. The predicted molar refractivity (Wildman–Crippen MR) is 72.3 cm³/mol. The number of anilines is 1. The zero-order valence-electron chi connectivity index (χ0n) is 11.1. The Morgan fingerprint density at radius 1 is 1.39 bits per heavy atom. The average molecular weight is 248 g/mol. The molecule has 18 heavy (non-hydrogen) atoms.